The first-order chi connectivity index (χ1) is 31.2. The Bertz CT molecular complexity index is 3850. The average molecular weight is 806 g/mol. The molecule has 4 heterocycles. The number of fused-ring (bicyclic) bond motifs is 9. The van der Waals surface area contributed by atoms with Gasteiger partial charge in [-0.3, -0.25) is 4.57 Å². The van der Waals surface area contributed by atoms with Gasteiger partial charge in [-0.2, -0.15) is 9.97 Å². The minimum atomic E-state index is 0.572. The van der Waals surface area contributed by atoms with Gasteiger partial charge in [0, 0.05) is 49.1 Å². The van der Waals surface area contributed by atoms with Crippen LogP contribution in [-0.2, 0) is 0 Å². The van der Waals surface area contributed by atoms with E-state index in [2.05, 4.69) is 161 Å². The average Bonchev–Trinajstić information content (AvgIpc) is 4.01. The van der Waals surface area contributed by atoms with Crippen LogP contribution in [0.2, 0.25) is 0 Å². The highest BCUT2D eigenvalue weighted by molar-refractivity contribution is 6.16. The Kier molecular flexibility index (Phi) is 7.80. The van der Waals surface area contributed by atoms with E-state index >= 15 is 0 Å². The van der Waals surface area contributed by atoms with Crippen LogP contribution in [0.1, 0.15) is 0 Å². The molecule has 0 saturated heterocycles. The number of aromatic nitrogens is 5. The molecule has 0 spiro atoms. The second kappa shape index (κ2) is 14.0. The predicted octanol–water partition coefficient (Wildman–Crippen LogP) is 14.6. The molecule has 63 heavy (non-hydrogen) atoms. The standard InChI is InChI=1S/C57H35N5O/c1-4-15-36(16-5-1)55-58-56(37-17-6-2-7-18-37)60-57(59-55)62-49-25-13-11-22-44(49)46-33-38(28-31-50(46)62)39-29-32-52-47(34-39)54-42(23-14-26-53(54)63-52)40-27-30-45-43-21-10-12-24-48(43)61(51(45)35-40)41-19-8-3-9-20-41/h1-35H. The van der Waals surface area contributed by atoms with E-state index in [1.807, 2.05) is 60.7 Å². The molecule has 6 nitrogen and oxygen atoms in total. The smallest absolute Gasteiger partial charge is 0.238 e. The van der Waals surface area contributed by atoms with Gasteiger partial charge in [0.1, 0.15) is 11.2 Å². The summed E-state index contributed by atoms with van der Waals surface area (Å²) in [4.78, 5) is 15.2. The van der Waals surface area contributed by atoms with Crippen LogP contribution in [0.4, 0.5) is 0 Å². The minimum absolute atomic E-state index is 0.572. The SMILES string of the molecule is c1ccc(-c2nc(-c3ccccc3)nc(-n3c4ccccc4c4cc(-c5ccc6oc7cccc(-c8ccc9c%10ccccc%10n(-c%10ccccc%10)c9c8)c7c6c5)ccc43)n2)cc1. The summed E-state index contributed by atoms with van der Waals surface area (Å²) in [5, 5.41) is 6.89. The highest BCUT2D eigenvalue weighted by Gasteiger charge is 2.20. The van der Waals surface area contributed by atoms with Gasteiger partial charge >= 0.3 is 0 Å². The number of rotatable bonds is 6. The normalized spacial score (nSPS) is 11.8. The van der Waals surface area contributed by atoms with Crippen LogP contribution in [0.25, 0.3) is 122 Å². The van der Waals surface area contributed by atoms with Crippen LogP contribution in [0, 0.1) is 0 Å². The molecule has 4 aromatic heterocycles. The zero-order valence-electron chi connectivity index (χ0n) is 33.9. The van der Waals surface area contributed by atoms with Crippen molar-refractivity contribution in [2.75, 3.05) is 0 Å². The number of nitrogens with zero attached hydrogens (tertiary/aromatic N) is 5. The van der Waals surface area contributed by atoms with Crippen molar-refractivity contribution in [1.29, 1.82) is 0 Å². The quantitative estimate of drug-likeness (QED) is 0.168. The maximum absolute atomic E-state index is 6.57. The van der Waals surface area contributed by atoms with Gasteiger partial charge in [0.25, 0.3) is 0 Å². The van der Waals surface area contributed by atoms with E-state index in [9.17, 15) is 0 Å². The fourth-order valence-electron chi connectivity index (χ4n) is 9.51. The van der Waals surface area contributed by atoms with Crippen molar-refractivity contribution >= 4 is 65.6 Å². The van der Waals surface area contributed by atoms with E-state index in [1.165, 1.54) is 21.8 Å². The Balaban J connectivity index is 0.970. The maximum Gasteiger partial charge on any atom is 0.238 e. The van der Waals surface area contributed by atoms with Gasteiger partial charge in [-0.05, 0) is 82.9 Å². The molecule has 0 unspecified atom stereocenters. The van der Waals surface area contributed by atoms with Gasteiger partial charge in [-0.1, -0.05) is 152 Å². The lowest BCUT2D eigenvalue weighted by Gasteiger charge is -2.11. The molecule has 0 aliphatic carbocycles. The van der Waals surface area contributed by atoms with Crippen molar-refractivity contribution in [3.05, 3.63) is 212 Å². The monoisotopic (exact) mass is 805 g/mol. The molecule has 6 heteroatoms. The van der Waals surface area contributed by atoms with E-state index in [1.54, 1.807) is 0 Å². The first-order valence-corrected chi connectivity index (χ1v) is 21.2. The fourth-order valence-corrected chi connectivity index (χ4v) is 9.51. The molecule has 294 valence electrons. The number of para-hydroxylation sites is 3. The molecule has 0 saturated carbocycles. The summed E-state index contributed by atoms with van der Waals surface area (Å²) in [5.41, 5.74) is 13.6. The predicted molar refractivity (Wildman–Crippen MR) is 258 cm³/mol. The second-order valence-corrected chi connectivity index (χ2v) is 16.0. The Morgan fingerprint density at radius 1 is 0.317 bits per heavy atom. The summed E-state index contributed by atoms with van der Waals surface area (Å²) < 4.78 is 11.1. The van der Waals surface area contributed by atoms with Gasteiger partial charge in [-0.15, -0.1) is 0 Å². The lowest BCUT2D eigenvalue weighted by atomic mass is 9.96. The Hall–Kier alpha value is -8.61. The van der Waals surface area contributed by atoms with Crippen LogP contribution in [0.15, 0.2) is 217 Å². The first-order valence-electron chi connectivity index (χ1n) is 21.2. The van der Waals surface area contributed by atoms with Crippen molar-refractivity contribution in [2.24, 2.45) is 0 Å². The molecule has 0 aliphatic rings. The van der Waals surface area contributed by atoms with Gasteiger partial charge in [0.2, 0.25) is 5.95 Å². The molecule has 0 atom stereocenters. The summed E-state index contributed by atoms with van der Waals surface area (Å²) in [6, 6.07) is 74.5. The first kappa shape index (κ1) is 35.2. The van der Waals surface area contributed by atoms with E-state index < -0.39 is 0 Å². The van der Waals surface area contributed by atoms with E-state index in [-0.39, 0.29) is 0 Å². The van der Waals surface area contributed by atoms with Gasteiger partial charge < -0.3 is 8.98 Å². The molecule has 0 bridgehead atoms. The Labute approximate surface area is 361 Å². The molecule has 0 fully saturated rings. The maximum atomic E-state index is 6.57. The van der Waals surface area contributed by atoms with Crippen molar-refractivity contribution in [1.82, 2.24) is 24.1 Å². The Morgan fingerprint density at radius 2 is 0.873 bits per heavy atom. The van der Waals surface area contributed by atoms with Crippen LogP contribution in [0.5, 0.6) is 0 Å². The van der Waals surface area contributed by atoms with Crippen molar-refractivity contribution in [3.63, 3.8) is 0 Å². The van der Waals surface area contributed by atoms with Gasteiger partial charge in [0.15, 0.2) is 11.6 Å². The largest absolute Gasteiger partial charge is 0.456 e. The third-order valence-electron chi connectivity index (χ3n) is 12.4. The summed E-state index contributed by atoms with van der Waals surface area (Å²) >= 11 is 0. The third kappa shape index (κ3) is 5.62. The zero-order valence-corrected chi connectivity index (χ0v) is 33.9. The molecule has 9 aromatic carbocycles. The minimum Gasteiger partial charge on any atom is -0.456 e. The van der Waals surface area contributed by atoms with E-state index in [4.69, 9.17) is 19.4 Å². The summed E-state index contributed by atoms with van der Waals surface area (Å²) in [6.45, 7) is 0. The molecule has 0 aliphatic heterocycles. The Morgan fingerprint density at radius 3 is 1.59 bits per heavy atom. The van der Waals surface area contributed by atoms with Gasteiger partial charge in [0.05, 0.1) is 22.1 Å². The summed E-state index contributed by atoms with van der Waals surface area (Å²) in [5.74, 6) is 1.82. The molecule has 0 radical (unpaired) electrons. The third-order valence-corrected chi connectivity index (χ3v) is 12.4. The van der Waals surface area contributed by atoms with E-state index in [0.717, 1.165) is 82.8 Å². The molecule has 0 N–H and O–H groups in total. The second-order valence-electron chi connectivity index (χ2n) is 16.0. The number of benzene rings is 9. The highest BCUT2D eigenvalue weighted by atomic mass is 16.3. The molecule has 0 amide bonds. The summed E-state index contributed by atoms with van der Waals surface area (Å²) in [6.07, 6.45) is 0. The molecular weight excluding hydrogens is 771 g/mol. The zero-order chi connectivity index (χ0) is 41.4. The van der Waals surface area contributed by atoms with E-state index in [0.29, 0.717) is 17.6 Å². The van der Waals surface area contributed by atoms with Crippen molar-refractivity contribution in [2.45, 2.75) is 0 Å². The van der Waals surface area contributed by atoms with Crippen LogP contribution in [0.3, 0.4) is 0 Å². The van der Waals surface area contributed by atoms with Crippen LogP contribution in [-0.4, -0.2) is 24.1 Å². The molecule has 13 aromatic rings. The molecular formula is C57H35N5O. The number of furan rings is 1. The van der Waals surface area contributed by atoms with Crippen molar-refractivity contribution in [3.8, 4) is 56.7 Å². The number of hydrogen-bond donors (Lipinski definition) is 0. The lowest BCUT2D eigenvalue weighted by Crippen LogP contribution is -2.06. The van der Waals surface area contributed by atoms with Crippen LogP contribution >= 0.6 is 0 Å². The topological polar surface area (TPSA) is 61.7 Å². The summed E-state index contributed by atoms with van der Waals surface area (Å²) in [7, 11) is 0. The lowest BCUT2D eigenvalue weighted by molar-refractivity contribution is 0.669. The van der Waals surface area contributed by atoms with Crippen molar-refractivity contribution < 1.29 is 4.42 Å². The number of hydrogen-bond acceptors (Lipinski definition) is 4. The van der Waals surface area contributed by atoms with Gasteiger partial charge in [-0.25, -0.2) is 4.98 Å². The van der Waals surface area contributed by atoms with Crippen LogP contribution < -0.4 is 0 Å². The highest BCUT2D eigenvalue weighted by Crippen LogP contribution is 2.42. The fraction of sp³-hybridized carbons (Fsp3) is 0. The molecule has 13 rings (SSSR count).